The van der Waals surface area contributed by atoms with Crippen LogP contribution in [0.3, 0.4) is 0 Å². The molecule has 0 unspecified atom stereocenters. The molecule has 0 radical (unpaired) electrons. The number of rotatable bonds is 7. The molecule has 1 heterocycles. The van der Waals surface area contributed by atoms with Gasteiger partial charge in [-0.2, -0.15) is 0 Å². The molecule has 0 aliphatic rings. The van der Waals surface area contributed by atoms with Gasteiger partial charge in [0.25, 0.3) is 15.9 Å². The molecule has 7 nitrogen and oxygen atoms in total. The highest BCUT2D eigenvalue weighted by atomic mass is 32.2. The average Bonchev–Trinajstić information content (AvgIpc) is 3.24. The molecule has 0 saturated carbocycles. The molecule has 0 aliphatic heterocycles. The second-order valence-electron chi connectivity index (χ2n) is 7.61. The van der Waals surface area contributed by atoms with Crippen LogP contribution >= 0.6 is 0 Å². The third kappa shape index (κ3) is 4.96. The molecule has 1 aromatic heterocycles. The van der Waals surface area contributed by atoms with E-state index in [9.17, 15) is 13.2 Å². The lowest BCUT2D eigenvalue weighted by atomic mass is 10.1. The standard InChI is InChI=1S/C25H24N4O3S/c1-18-12-13-20(16-24(18)33(31,32)28-22-9-4-3-5-10-22)25(30)27-17-21-8-6-7-11-23(21)29-15-14-26-19(29)2/h3-16,28H,17H2,1-2H3,(H,27,30). The third-order valence-corrected chi connectivity index (χ3v) is 6.81. The number of para-hydroxylation sites is 2. The maximum Gasteiger partial charge on any atom is 0.262 e. The molecule has 0 saturated heterocycles. The number of aromatic nitrogens is 2. The number of sulfonamides is 1. The summed E-state index contributed by atoms with van der Waals surface area (Å²) >= 11 is 0. The maximum absolute atomic E-state index is 12.9. The van der Waals surface area contributed by atoms with Crippen LogP contribution in [0.5, 0.6) is 0 Å². The summed E-state index contributed by atoms with van der Waals surface area (Å²) in [6, 6.07) is 21.0. The fraction of sp³-hybridized carbons (Fsp3) is 0.120. The van der Waals surface area contributed by atoms with Gasteiger partial charge in [-0.3, -0.25) is 9.52 Å². The largest absolute Gasteiger partial charge is 0.348 e. The zero-order valence-electron chi connectivity index (χ0n) is 18.3. The van der Waals surface area contributed by atoms with Crippen molar-refractivity contribution in [2.45, 2.75) is 25.3 Å². The number of anilines is 1. The lowest BCUT2D eigenvalue weighted by Gasteiger charge is -2.14. The zero-order valence-corrected chi connectivity index (χ0v) is 19.1. The first kappa shape index (κ1) is 22.3. The average molecular weight is 461 g/mol. The Balaban J connectivity index is 1.54. The van der Waals surface area contributed by atoms with E-state index in [1.54, 1.807) is 55.6 Å². The van der Waals surface area contributed by atoms with Crippen molar-refractivity contribution in [1.82, 2.24) is 14.9 Å². The molecule has 168 valence electrons. The van der Waals surface area contributed by atoms with Crippen molar-refractivity contribution in [2.24, 2.45) is 0 Å². The molecule has 8 heteroatoms. The number of nitrogens with one attached hydrogen (secondary N) is 2. The molecule has 3 aromatic carbocycles. The van der Waals surface area contributed by atoms with Gasteiger partial charge in [0.15, 0.2) is 0 Å². The fourth-order valence-electron chi connectivity index (χ4n) is 3.55. The molecule has 0 fully saturated rings. The van der Waals surface area contributed by atoms with Crippen molar-refractivity contribution in [2.75, 3.05) is 4.72 Å². The Morgan fingerprint density at radius 2 is 1.70 bits per heavy atom. The lowest BCUT2D eigenvalue weighted by Crippen LogP contribution is -2.24. The molecule has 4 aromatic rings. The number of benzene rings is 3. The smallest absolute Gasteiger partial charge is 0.262 e. The first-order valence-corrected chi connectivity index (χ1v) is 11.9. The van der Waals surface area contributed by atoms with E-state index in [0.717, 1.165) is 17.1 Å². The summed E-state index contributed by atoms with van der Waals surface area (Å²) in [6.45, 7) is 3.89. The van der Waals surface area contributed by atoms with Crippen LogP contribution in [0.15, 0.2) is 90.1 Å². The van der Waals surface area contributed by atoms with E-state index < -0.39 is 10.0 Å². The van der Waals surface area contributed by atoms with Crippen LogP contribution in [0.25, 0.3) is 5.69 Å². The van der Waals surface area contributed by atoms with Crippen LogP contribution in [-0.2, 0) is 16.6 Å². The van der Waals surface area contributed by atoms with Gasteiger partial charge in [-0.15, -0.1) is 0 Å². The summed E-state index contributed by atoms with van der Waals surface area (Å²) in [5, 5.41) is 2.90. The molecule has 0 atom stereocenters. The zero-order chi connectivity index (χ0) is 23.4. The second-order valence-corrected chi connectivity index (χ2v) is 9.26. The van der Waals surface area contributed by atoms with Gasteiger partial charge < -0.3 is 9.88 Å². The maximum atomic E-state index is 12.9. The molecule has 2 N–H and O–H groups in total. The van der Waals surface area contributed by atoms with Crippen LogP contribution < -0.4 is 10.0 Å². The number of hydrogen-bond acceptors (Lipinski definition) is 4. The summed E-state index contributed by atoms with van der Waals surface area (Å²) < 4.78 is 30.4. The Morgan fingerprint density at radius 1 is 0.970 bits per heavy atom. The molecule has 4 rings (SSSR count). The second kappa shape index (κ2) is 9.30. The summed E-state index contributed by atoms with van der Waals surface area (Å²) in [6.07, 6.45) is 3.59. The van der Waals surface area contributed by atoms with E-state index >= 15 is 0 Å². The van der Waals surface area contributed by atoms with Crippen molar-refractivity contribution in [3.05, 3.63) is 108 Å². The molecule has 33 heavy (non-hydrogen) atoms. The van der Waals surface area contributed by atoms with Crippen molar-refractivity contribution in [3.63, 3.8) is 0 Å². The van der Waals surface area contributed by atoms with Crippen molar-refractivity contribution >= 4 is 21.6 Å². The van der Waals surface area contributed by atoms with E-state index in [-0.39, 0.29) is 22.9 Å². The fourth-order valence-corrected chi connectivity index (χ4v) is 4.88. The number of nitrogens with zero attached hydrogens (tertiary/aromatic N) is 2. The van der Waals surface area contributed by atoms with Crippen molar-refractivity contribution in [1.29, 1.82) is 0 Å². The molecule has 0 aliphatic carbocycles. The number of amides is 1. The summed E-state index contributed by atoms with van der Waals surface area (Å²) in [5.41, 5.74) is 3.11. The number of aryl methyl sites for hydroxylation is 2. The van der Waals surface area contributed by atoms with E-state index in [4.69, 9.17) is 0 Å². The van der Waals surface area contributed by atoms with Gasteiger partial charge in [-0.05, 0) is 55.3 Å². The van der Waals surface area contributed by atoms with Crippen LogP contribution in [-0.4, -0.2) is 23.9 Å². The van der Waals surface area contributed by atoms with Crippen molar-refractivity contribution in [3.8, 4) is 5.69 Å². The minimum absolute atomic E-state index is 0.0634. The van der Waals surface area contributed by atoms with E-state index in [1.807, 2.05) is 42.0 Å². The quantitative estimate of drug-likeness (QED) is 0.432. The van der Waals surface area contributed by atoms with Gasteiger partial charge in [0.05, 0.1) is 10.6 Å². The predicted molar refractivity (Wildman–Crippen MR) is 128 cm³/mol. The van der Waals surface area contributed by atoms with Crippen LogP contribution in [0.2, 0.25) is 0 Å². The van der Waals surface area contributed by atoms with Crippen molar-refractivity contribution < 1.29 is 13.2 Å². The van der Waals surface area contributed by atoms with Gasteiger partial charge in [0.2, 0.25) is 0 Å². The number of carbonyl (C=O) groups excluding carboxylic acids is 1. The van der Waals surface area contributed by atoms with Gasteiger partial charge in [0.1, 0.15) is 5.82 Å². The third-order valence-electron chi connectivity index (χ3n) is 5.28. The molecule has 1 amide bonds. The Bertz CT molecular complexity index is 1400. The number of carbonyl (C=O) groups is 1. The van der Waals surface area contributed by atoms with Gasteiger partial charge in [-0.1, -0.05) is 42.5 Å². The predicted octanol–water partition coefficient (Wildman–Crippen LogP) is 4.22. The minimum atomic E-state index is -3.85. The monoisotopic (exact) mass is 460 g/mol. The highest BCUT2D eigenvalue weighted by molar-refractivity contribution is 7.92. The number of imidazole rings is 1. The Labute approximate surface area is 193 Å². The van der Waals surface area contributed by atoms with Gasteiger partial charge >= 0.3 is 0 Å². The normalized spacial score (nSPS) is 11.2. The topological polar surface area (TPSA) is 93.1 Å². The van der Waals surface area contributed by atoms with Crippen LogP contribution in [0.4, 0.5) is 5.69 Å². The highest BCUT2D eigenvalue weighted by Gasteiger charge is 2.19. The molecular formula is C25H24N4O3S. The minimum Gasteiger partial charge on any atom is -0.348 e. The lowest BCUT2D eigenvalue weighted by molar-refractivity contribution is 0.0950. The number of hydrogen-bond donors (Lipinski definition) is 2. The van der Waals surface area contributed by atoms with E-state index in [1.165, 1.54) is 6.07 Å². The van der Waals surface area contributed by atoms with Gasteiger partial charge in [0, 0.05) is 30.2 Å². The molecular weight excluding hydrogens is 436 g/mol. The Hall–Kier alpha value is -3.91. The molecule has 0 bridgehead atoms. The van der Waals surface area contributed by atoms with E-state index in [0.29, 0.717) is 11.3 Å². The summed E-state index contributed by atoms with van der Waals surface area (Å²) in [5.74, 6) is 0.483. The summed E-state index contributed by atoms with van der Waals surface area (Å²) in [4.78, 5) is 17.2. The van der Waals surface area contributed by atoms with E-state index in [2.05, 4.69) is 15.0 Å². The highest BCUT2D eigenvalue weighted by Crippen LogP contribution is 2.21. The van der Waals surface area contributed by atoms with Crippen LogP contribution in [0, 0.1) is 13.8 Å². The Morgan fingerprint density at radius 3 is 2.42 bits per heavy atom. The molecule has 0 spiro atoms. The van der Waals surface area contributed by atoms with Crippen LogP contribution in [0.1, 0.15) is 27.3 Å². The SMILES string of the molecule is Cc1ccc(C(=O)NCc2ccccc2-n2ccnc2C)cc1S(=O)(=O)Nc1ccccc1. The van der Waals surface area contributed by atoms with Gasteiger partial charge in [-0.25, -0.2) is 13.4 Å². The summed E-state index contributed by atoms with van der Waals surface area (Å²) in [7, 11) is -3.85. The first-order chi connectivity index (χ1) is 15.8. The Kier molecular flexibility index (Phi) is 6.28. The first-order valence-electron chi connectivity index (χ1n) is 10.4.